The molecule has 0 aromatic heterocycles. The van der Waals surface area contributed by atoms with Gasteiger partial charge >= 0.3 is 0 Å². The van der Waals surface area contributed by atoms with Crippen molar-refractivity contribution in [3.63, 3.8) is 0 Å². The topological polar surface area (TPSA) is 57.2 Å². The van der Waals surface area contributed by atoms with E-state index in [0.717, 1.165) is 42.7 Å². The second kappa shape index (κ2) is 7.17. The van der Waals surface area contributed by atoms with E-state index < -0.39 is 0 Å². The third kappa shape index (κ3) is 3.16. The van der Waals surface area contributed by atoms with E-state index in [2.05, 4.69) is 6.07 Å². The number of fused-ring (bicyclic) bond motifs is 2. The fourth-order valence-corrected chi connectivity index (χ4v) is 4.31. The Morgan fingerprint density at radius 1 is 1.07 bits per heavy atom. The molecule has 29 heavy (non-hydrogen) atoms. The standard InChI is InChI=1S/C23H25NO5/c1-26-19-6-3-15(12-21(19)27-2)23(25)24(16-4-5-16)13-18-17-8-10-28-20(17)11-14-7-9-29-22(14)18/h3,6,11-12,16H,4-5,7-10,13H2,1-2H3. The van der Waals surface area contributed by atoms with E-state index in [1.807, 2.05) is 4.90 Å². The molecule has 152 valence electrons. The van der Waals surface area contributed by atoms with E-state index >= 15 is 0 Å². The van der Waals surface area contributed by atoms with Crippen LogP contribution in [-0.2, 0) is 19.4 Å². The minimum Gasteiger partial charge on any atom is -0.493 e. The molecule has 1 fully saturated rings. The summed E-state index contributed by atoms with van der Waals surface area (Å²) in [5.41, 5.74) is 4.11. The van der Waals surface area contributed by atoms with Gasteiger partial charge in [-0.2, -0.15) is 0 Å². The van der Waals surface area contributed by atoms with Gasteiger partial charge in [0.15, 0.2) is 11.5 Å². The third-order valence-electron chi connectivity index (χ3n) is 5.97. The molecule has 0 unspecified atom stereocenters. The molecule has 2 aliphatic heterocycles. The summed E-state index contributed by atoms with van der Waals surface area (Å²) in [5, 5.41) is 0. The van der Waals surface area contributed by atoms with Gasteiger partial charge in [0, 0.05) is 41.1 Å². The van der Waals surface area contributed by atoms with Gasteiger partial charge in [0.2, 0.25) is 0 Å². The van der Waals surface area contributed by atoms with E-state index in [9.17, 15) is 4.79 Å². The largest absolute Gasteiger partial charge is 0.493 e. The van der Waals surface area contributed by atoms with Crippen molar-refractivity contribution in [3.05, 3.63) is 46.5 Å². The molecule has 0 N–H and O–H groups in total. The monoisotopic (exact) mass is 395 g/mol. The minimum atomic E-state index is 0.0109. The Labute approximate surface area is 170 Å². The zero-order chi connectivity index (χ0) is 20.0. The molecule has 0 bridgehead atoms. The van der Waals surface area contributed by atoms with Crippen LogP contribution in [0.5, 0.6) is 23.0 Å². The van der Waals surface area contributed by atoms with Gasteiger partial charge in [-0.3, -0.25) is 4.79 Å². The predicted octanol–water partition coefficient (Wildman–Crippen LogP) is 3.38. The van der Waals surface area contributed by atoms with Crippen LogP contribution in [0.1, 0.15) is 39.9 Å². The van der Waals surface area contributed by atoms with Gasteiger partial charge in [-0.25, -0.2) is 0 Å². The number of methoxy groups -OCH3 is 2. The number of benzene rings is 2. The predicted molar refractivity (Wildman–Crippen MR) is 107 cm³/mol. The Bertz CT molecular complexity index is 934. The number of nitrogens with zero attached hydrogens (tertiary/aromatic N) is 1. The van der Waals surface area contributed by atoms with Gasteiger partial charge in [0.1, 0.15) is 11.5 Å². The minimum absolute atomic E-state index is 0.0109. The summed E-state index contributed by atoms with van der Waals surface area (Å²) in [4.78, 5) is 15.4. The van der Waals surface area contributed by atoms with Crippen molar-refractivity contribution in [3.8, 4) is 23.0 Å². The average Bonchev–Trinajstić information content (AvgIpc) is 3.28. The van der Waals surface area contributed by atoms with E-state index in [1.54, 1.807) is 32.4 Å². The second-order valence-electron chi connectivity index (χ2n) is 7.75. The highest BCUT2D eigenvalue weighted by Gasteiger charge is 2.36. The first-order valence-electron chi connectivity index (χ1n) is 10.2. The molecule has 1 amide bonds. The van der Waals surface area contributed by atoms with E-state index in [1.165, 1.54) is 11.1 Å². The van der Waals surface area contributed by atoms with Gasteiger partial charge in [-0.05, 0) is 37.1 Å². The lowest BCUT2D eigenvalue weighted by Crippen LogP contribution is -2.33. The number of carbonyl (C=O) groups is 1. The van der Waals surface area contributed by atoms with E-state index in [0.29, 0.717) is 36.8 Å². The van der Waals surface area contributed by atoms with E-state index in [-0.39, 0.29) is 11.9 Å². The first-order chi connectivity index (χ1) is 14.2. The van der Waals surface area contributed by atoms with Crippen LogP contribution in [0.3, 0.4) is 0 Å². The van der Waals surface area contributed by atoms with Crippen LogP contribution >= 0.6 is 0 Å². The van der Waals surface area contributed by atoms with Crippen molar-refractivity contribution >= 4 is 5.91 Å². The van der Waals surface area contributed by atoms with E-state index in [4.69, 9.17) is 18.9 Å². The number of rotatable bonds is 6. The normalized spacial score (nSPS) is 16.5. The summed E-state index contributed by atoms with van der Waals surface area (Å²) >= 11 is 0. The maximum Gasteiger partial charge on any atom is 0.254 e. The number of ether oxygens (including phenoxy) is 4. The first-order valence-corrected chi connectivity index (χ1v) is 10.2. The Kier molecular flexibility index (Phi) is 4.49. The first kappa shape index (κ1) is 18.2. The molecule has 0 atom stereocenters. The summed E-state index contributed by atoms with van der Waals surface area (Å²) in [6, 6.07) is 7.73. The molecule has 0 saturated heterocycles. The van der Waals surface area contributed by atoms with Crippen molar-refractivity contribution in [1.82, 2.24) is 4.90 Å². The Balaban J connectivity index is 1.49. The number of hydrogen-bond acceptors (Lipinski definition) is 5. The number of hydrogen-bond donors (Lipinski definition) is 0. The van der Waals surface area contributed by atoms with Crippen molar-refractivity contribution in [2.75, 3.05) is 27.4 Å². The van der Waals surface area contributed by atoms with Crippen molar-refractivity contribution < 1.29 is 23.7 Å². The highest BCUT2D eigenvalue weighted by atomic mass is 16.5. The van der Waals surface area contributed by atoms with Crippen LogP contribution in [0.2, 0.25) is 0 Å². The Morgan fingerprint density at radius 3 is 2.62 bits per heavy atom. The highest BCUT2D eigenvalue weighted by molar-refractivity contribution is 5.95. The second-order valence-corrected chi connectivity index (χ2v) is 7.75. The van der Waals surface area contributed by atoms with Gasteiger partial charge in [0.25, 0.3) is 5.91 Å². The molecule has 1 aliphatic carbocycles. The summed E-state index contributed by atoms with van der Waals surface area (Å²) in [6.07, 6.45) is 3.83. The van der Waals surface area contributed by atoms with Gasteiger partial charge in [-0.1, -0.05) is 0 Å². The molecule has 0 spiro atoms. The molecule has 2 aromatic rings. The van der Waals surface area contributed by atoms with Crippen LogP contribution in [0.25, 0.3) is 0 Å². The summed E-state index contributed by atoms with van der Waals surface area (Å²) in [5.74, 6) is 3.11. The van der Waals surface area contributed by atoms with Crippen LogP contribution in [-0.4, -0.2) is 44.3 Å². The molecule has 5 rings (SSSR count). The maximum atomic E-state index is 13.5. The zero-order valence-electron chi connectivity index (χ0n) is 16.8. The summed E-state index contributed by atoms with van der Waals surface area (Å²) in [7, 11) is 3.17. The molecule has 2 aromatic carbocycles. The molecular formula is C23H25NO5. The van der Waals surface area contributed by atoms with Crippen molar-refractivity contribution in [2.24, 2.45) is 0 Å². The lowest BCUT2D eigenvalue weighted by molar-refractivity contribution is 0.0728. The van der Waals surface area contributed by atoms with Crippen LogP contribution in [0.15, 0.2) is 24.3 Å². The SMILES string of the molecule is COc1ccc(C(=O)N(Cc2c3c(cc4c2OCC4)OCC3)C2CC2)cc1OC. The average molecular weight is 395 g/mol. The zero-order valence-corrected chi connectivity index (χ0v) is 16.8. The molecule has 0 radical (unpaired) electrons. The molecule has 3 aliphatic rings. The Morgan fingerprint density at radius 2 is 1.86 bits per heavy atom. The maximum absolute atomic E-state index is 13.5. The molecule has 2 heterocycles. The lowest BCUT2D eigenvalue weighted by Gasteiger charge is -2.25. The lowest BCUT2D eigenvalue weighted by atomic mass is 9.98. The number of carbonyl (C=O) groups excluding carboxylic acids is 1. The Hall–Kier alpha value is -2.89. The van der Waals surface area contributed by atoms with Crippen LogP contribution in [0, 0.1) is 0 Å². The van der Waals surface area contributed by atoms with Crippen molar-refractivity contribution in [1.29, 1.82) is 0 Å². The number of amides is 1. The summed E-state index contributed by atoms with van der Waals surface area (Å²) in [6.45, 7) is 1.93. The fraction of sp³-hybridized carbons (Fsp3) is 0.435. The fourth-order valence-electron chi connectivity index (χ4n) is 4.31. The molecular weight excluding hydrogens is 370 g/mol. The molecule has 1 saturated carbocycles. The third-order valence-corrected chi connectivity index (χ3v) is 5.97. The van der Waals surface area contributed by atoms with Gasteiger partial charge in [0.05, 0.1) is 34.0 Å². The summed E-state index contributed by atoms with van der Waals surface area (Å²) < 4.78 is 22.5. The van der Waals surface area contributed by atoms with Crippen LogP contribution in [0.4, 0.5) is 0 Å². The van der Waals surface area contributed by atoms with Gasteiger partial charge < -0.3 is 23.8 Å². The highest BCUT2D eigenvalue weighted by Crippen LogP contribution is 2.43. The van der Waals surface area contributed by atoms with Crippen LogP contribution < -0.4 is 18.9 Å². The smallest absolute Gasteiger partial charge is 0.254 e. The molecule has 6 heteroatoms. The van der Waals surface area contributed by atoms with Crippen molar-refractivity contribution in [2.45, 2.75) is 38.3 Å². The van der Waals surface area contributed by atoms with Gasteiger partial charge in [-0.15, -0.1) is 0 Å². The quantitative estimate of drug-likeness (QED) is 0.751. The molecule has 6 nitrogen and oxygen atoms in total.